The zero-order chi connectivity index (χ0) is 14.1. The van der Waals surface area contributed by atoms with E-state index in [0.29, 0.717) is 12.0 Å². The number of benzene rings is 2. The molecule has 3 rings (SSSR count). The van der Waals surface area contributed by atoms with Crippen molar-refractivity contribution in [1.82, 2.24) is 0 Å². The SMILES string of the molecule is Cc1cc(I)ccc1NC1CC(c2ccc(Cl)cc2)C1. The molecule has 104 valence electrons. The van der Waals surface area contributed by atoms with Gasteiger partial charge in [-0.05, 0) is 89.7 Å². The molecular weight excluding hydrogens is 381 g/mol. The number of anilines is 1. The third-order valence-electron chi connectivity index (χ3n) is 4.03. The van der Waals surface area contributed by atoms with Crippen molar-refractivity contribution < 1.29 is 0 Å². The summed E-state index contributed by atoms with van der Waals surface area (Å²) in [7, 11) is 0. The van der Waals surface area contributed by atoms with E-state index in [0.717, 1.165) is 5.02 Å². The van der Waals surface area contributed by atoms with Gasteiger partial charge in [0.25, 0.3) is 0 Å². The van der Waals surface area contributed by atoms with Crippen LogP contribution in [-0.2, 0) is 0 Å². The van der Waals surface area contributed by atoms with Gasteiger partial charge in [-0.1, -0.05) is 23.7 Å². The average molecular weight is 398 g/mol. The summed E-state index contributed by atoms with van der Waals surface area (Å²) in [5, 5.41) is 4.47. The van der Waals surface area contributed by atoms with Crippen LogP contribution in [0.5, 0.6) is 0 Å². The van der Waals surface area contributed by atoms with Gasteiger partial charge in [-0.3, -0.25) is 0 Å². The molecule has 0 bridgehead atoms. The second-order valence-electron chi connectivity index (χ2n) is 5.52. The van der Waals surface area contributed by atoms with Crippen LogP contribution in [-0.4, -0.2) is 6.04 Å². The lowest BCUT2D eigenvalue weighted by Gasteiger charge is -2.37. The van der Waals surface area contributed by atoms with Crippen molar-refractivity contribution >= 4 is 39.9 Å². The number of rotatable bonds is 3. The van der Waals surface area contributed by atoms with E-state index in [1.54, 1.807) is 0 Å². The summed E-state index contributed by atoms with van der Waals surface area (Å²) in [5.41, 5.74) is 4.00. The molecule has 0 heterocycles. The molecule has 1 saturated carbocycles. The molecule has 0 atom stereocenters. The Bertz CT molecular complexity index is 603. The van der Waals surface area contributed by atoms with Gasteiger partial charge in [0.05, 0.1) is 0 Å². The fourth-order valence-electron chi connectivity index (χ4n) is 2.75. The summed E-state index contributed by atoms with van der Waals surface area (Å²) in [6, 6.07) is 15.4. The molecule has 1 N–H and O–H groups in total. The Kier molecular flexibility index (Phi) is 4.22. The van der Waals surface area contributed by atoms with Crippen molar-refractivity contribution in [1.29, 1.82) is 0 Å². The van der Waals surface area contributed by atoms with Crippen LogP contribution < -0.4 is 5.32 Å². The highest BCUT2D eigenvalue weighted by atomic mass is 127. The van der Waals surface area contributed by atoms with Crippen LogP contribution in [0.25, 0.3) is 0 Å². The molecule has 0 radical (unpaired) electrons. The molecule has 0 unspecified atom stereocenters. The van der Waals surface area contributed by atoms with Crippen molar-refractivity contribution in [2.45, 2.75) is 31.7 Å². The molecule has 1 fully saturated rings. The Hall–Kier alpha value is -0.740. The lowest BCUT2D eigenvalue weighted by molar-refractivity contribution is 0.374. The van der Waals surface area contributed by atoms with E-state index in [1.165, 1.54) is 33.2 Å². The fraction of sp³-hybridized carbons (Fsp3) is 0.294. The molecule has 1 nitrogen and oxygen atoms in total. The van der Waals surface area contributed by atoms with Crippen LogP contribution in [0.4, 0.5) is 5.69 Å². The van der Waals surface area contributed by atoms with Crippen LogP contribution in [0.2, 0.25) is 5.02 Å². The molecule has 3 heteroatoms. The van der Waals surface area contributed by atoms with E-state index < -0.39 is 0 Å². The minimum atomic E-state index is 0.592. The van der Waals surface area contributed by atoms with E-state index in [9.17, 15) is 0 Å². The van der Waals surface area contributed by atoms with Gasteiger partial charge in [0.1, 0.15) is 0 Å². The van der Waals surface area contributed by atoms with Crippen LogP contribution >= 0.6 is 34.2 Å². The average Bonchev–Trinajstić information content (AvgIpc) is 2.37. The van der Waals surface area contributed by atoms with Crippen molar-refractivity contribution in [3.05, 3.63) is 62.2 Å². The summed E-state index contributed by atoms with van der Waals surface area (Å²) in [6.45, 7) is 2.17. The first kappa shape index (κ1) is 14.2. The Morgan fingerprint density at radius 3 is 2.45 bits per heavy atom. The van der Waals surface area contributed by atoms with Gasteiger partial charge < -0.3 is 5.32 Å². The minimum absolute atomic E-state index is 0.592. The van der Waals surface area contributed by atoms with E-state index in [2.05, 4.69) is 65.2 Å². The molecule has 20 heavy (non-hydrogen) atoms. The first-order chi connectivity index (χ1) is 9.61. The molecule has 0 amide bonds. The summed E-state index contributed by atoms with van der Waals surface area (Å²) >= 11 is 8.28. The fourth-order valence-corrected chi connectivity index (χ4v) is 3.52. The van der Waals surface area contributed by atoms with E-state index in [4.69, 9.17) is 11.6 Å². The highest BCUT2D eigenvalue weighted by Gasteiger charge is 2.30. The van der Waals surface area contributed by atoms with Crippen molar-refractivity contribution in [3.8, 4) is 0 Å². The van der Waals surface area contributed by atoms with Crippen molar-refractivity contribution in [3.63, 3.8) is 0 Å². The molecule has 2 aromatic carbocycles. The Morgan fingerprint density at radius 2 is 1.80 bits per heavy atom. The van der Waals surface area contributed by atoms with Crippen molar-refractivity contribution in [2.75, 3.05) is 5.32 Å². The molecule has 2 aromatic rings. The maximum Gasteiger partial charge on any atom is 0.0406 e. The smallest absolute Gasteiger partial charge is 0.0406 e. The van der Waals surface area contributed by atoms with Crippen LogP contribution in [0.15, 0.2) is 42.5 Å². The minimum Gasteiger partial charge on any atom is -0.382 e. The number of hydrogen-bond donors (Lipinski definition) is 1. The third-order valence-corrected chi connectivity index (χ3v) is 4.95. The highest BCUT2D eigenvalue weighted by molar-refractivity contribution is 14.1. The van der Waals surface area contributed by atoms with E-state index in [1.807, 2.05) is 12.1 Å². The summed E-state index contributed by atoms with van der Waals surface area (Å²) in [5.74, 6) is 0.675. The quantitative estimate of drug-likeness (QED) is 0.664. The molecule has 0 aromatic heterocycles. The predicted molar refractivity (Wildman–Crippen MR) is 94.7 cm³/mol. The largest absolute Gasteiger partial charge is 0.382 e. The third kappa shape index (κ3) is 3.12. The molecule has 1 aliphatic carbocycles. The zero-order valence-electron chi connectivity index (χ0n) is 11.4. The first-order valence-electron chi connectivity index (χ1n) is 6.90. The summed E-state index contributed by atoms with van der Waals surface area (Å²) in [4.78, 5) is 0. The molecular formula is C17H17ClIN. The van der Waals surface area contributed by atoms with Gasteiger partial charge in [0.2, 0.25) is 0 Å². The predicted octanol–water partition coefficient (Wildman–Crippen LogP) is 5.61. The van der Waals surface area contributed by atoms with E-state index >= 15 is 0 Å². The topological polar surface area (TPSA) is 12.0 Å². The number of hydrogen-bond acceptors (Lipinski definition) is 1. The van der Waals surface area contributed by atoms with E-state index in [-0.39, 0.29) is 0 Å². The van der Waals surface area contributed by atoms with Gasteiger partial charge >= 0.3 is 0 Å². The Morgan fingerprint density at radius 1 is 1.10 bits per heavy atom. The van der Waals surface area contributed by atoms with Gasteiger partial charge in [0, 0.05) is 20.3 Å². The first-order valence-corrected chi connectivity index (χ1v) is 8.35. The second-order valence-corrected chi connectivity index (χ2v) is 7.20. The number of nitrogens with one attached hydrogen (secondary N) is 1. The molecule has 0 aliphatic heterocycles. The van der Waals surface area contributed by atoms with Gasteiger partial charge in [-0.15, -0.1) is 0 Å². The van der Waals surface area contributed by atoms with Crippen LogP contribution in [0.3, 0.4) is 0 Å². The summed E-state index contributed by atoms with van der Waals surface area (Å²) < 4.78 is 1.29. The van der Waals surface area contributed by atoms with Gasteiger partial charge in [0.15, 0.2) is 0 Å². The van der Waals surface area contributed by atoms with Crippen LogP contribution in [0, 0.1) is 10.5 Å². The molecule has 0 saturated heterocycles. The van der Waals surface area contributed by atoms with Gasteiger partial charge in [-0.25, -0.2) is 0 Å². The zero-order valence-corrected chi connectivity index (χ0v) is 14.3. The van der Waals surface area contributed by atoms with Gasteiger partial charge in [-0.2, -0.15) is 0 Å². The standard InChI is InChI=1S/C17H17ClIN/c1-11-8-15(19)6-7-17(11)20-16-9-13(10-16)12-2-4-14(18)5-3-12/h2-8,13,16,20H,9-10H2,1H3. The highest BCUT2D eigenvalue weighted by Crippen LogP contribution is 2.39. The normalized spacial score (nSPS) is 21.4. The lowest BCUT2D eigenvalue weighted by atomic mass is 9.76. The molecule has 0 spiro atoms. The lowest BCUT2D eigenvalue weighted by Crippen LogP contribution is -2.34. The Balaban J connectivity index is 1.59. The maximum absolute atomic E-state index is 5.93. The monoisotopic (exact) mass is 397 g/mol. The van der Waals surface area contributed by atoms with Crippen LogP contribution in [0.1, 0.15) is 29.9 Å². The number of aryl methyl sites for hydroxylation is 1. The second kappa shape index (κ2) is 5.94. The number of halogens is 2. The molecule has 1 aliphatic rings. The maximum atomic E-state index is 5.93. The Labute approximate surface area is 138 Å². The van der Waals surface area contributed by atoms with Crippen molar-refractivity contribution in [2.24, 2.45) is 0 Å². The summed E-state index contributed by atoms with van der Waals surface area (Å²) in [6.07, 6.45) is 2.40.